The molecule has 4 heterocycles. The van der Waals surface area contributed by atoms with E-state index in [4.69, 9.17) is 5.10 Å². The minimum Gasteiger partial charge on any atom is -0.390 e. The number of aromatic nitrogens is 4. The Morgan fingerprint density at radius 3 is 2.59 bits per heavy atom. The van der Waals surface area contributed by atoms with E-state index in [9.17, 15) is 14.7 Å². The van der Waals surface area contributed by atoms with Crippen molar-refractivity contribution in [3.63, 3.8) is 0 Å². The maximum atomic E-state index is 12.9. The number of carbonyl (C=O) groups excluding carboxylic acids is 2. The van der Waals surface area contributed by atoms with Crippen molar-refractivity contribution >= 4 is 39.6 Å². The Kier molecular flexibility index (Phi) is 4.37. The van der Waals surface area contributed by atoms with Crippen LogP contribution in [-0.2, 0) is 9.59 Å². The molecule has 178 valence electrons. The standard InChI is InChI=1S/C25H30N6O3/c32-23(24(33)30-6-2-1-3-7-30)28-22-18-13-27-21-17(4-5-26-21)20(18)31(29-22)19-15-8-14-9-16(19)12-25(34,10-14)11-15/h4-5,13-16,19,34H,1-3,6-12H2,(H,26,27)(H,28,29,32)/t14?,15-,16+,19+,25-. The lowest BCUT2D eigenvalue weighted by molar-refractivity contribution is -0.148. The number of pyridine rings is 1. The zero-order chi connectivity index (χ0) is 23.0. The molecular weight excluding hydrogens is 432 g/mol. The quantitative estimate of drug-likeness (QED) is 0.507. The predicted octanol–water partition coefficient (Wildman–Crippen LogP) is 2.98. The lowest BCUT2D eigenvalue weighted by Gasteiger charge is -2.57. The van der Waals surface area contributed by atoms with E-state index in [0.29, 0.717) is 36.7 Å². The summed E-state index contributed by atoms with van der Waals surface area (Å²) < 4.78 is 2.09. The summed E-state index contributed by atoms with van der Waals surface area (Å²) in [7, 11) is 0. The van der Waals surface area contributed by atoms with Crippen LogP contribution in [0.25, 0.3) is 21.9 Å². The molecule has 8 rings (SSSR count). The van der Waals surface area contributed by atoms with Gasteiger partial charge in [0.1, 0.15) is 5.65 Å². The number of carbonyl (C=O) groups is 2. The number of aliphatic hydroxyl groups is 1. The lowest BCUT2D eigenvalue weighted by atomic mass is 9.52. The van der Waals surface area contributed by atoms with Crippen LogP contribution in [-0.4, -0.2) is 60.3 Å². The van der Waals surface area contributed by atoms with E-state index in [1.165, 1.54) is 0 Å². The molecule has 4 saturated carbocycles. The Hall–Kier alpha value is -2.94. The van der Waals surface area contributed by atoms with Crippen LogP contribution in [0.5, 0.6) is 0 Å². The zero-order valence-electron chi connectivity index (χ0n) is 19.2. The smallest absolute Gasteiger partial charge is 0.315 e. The first kappa shape index (κ1) is 20.4. The summed E-state index contributed by atoms with van der Waals surface area (Å²) >= 11 is 0. The number of nitrogens with zero attached hydrogens (tertiary/aromatic N) is 4. The van der Waals surface area contributed by atoms with Gasteiger partial charge in [-0.1, -0.05) is 0 Å². The number of anilines is 1. The molecule has 5 aliphatic rings. The van der Waals surface area contributed by atoms with Crippen LogP contribution in [0.1, 0.15) is 57.4 Å². The van der Waals surface area contributed by atoms with Crippen LogP contribution >= 0.6 is 0 Å². The average molecular weight is 463 g/mol. The summed E-state index contributed by atoms with van der Waals surface area (Å²) in [5.74, 6) is 0.585. The predicted molar refractivity (Wildman–Crippen MR) is 126 cm³/mol. The maximum Gasteiger partial charge on any atom is 0.315 e. The fourth-order valence-corrected chi connectivity index (χ4v) is 7.69. The zero-order valence-corrected chi connectivity index (χ0v) is 19.2. The van der Waals surface area contributed by atoms with Gasteiger partial charge in [-0.25, -0.2) is 4.98 Å². The van der Waals surface area contributed by atoms with Gasteiger partial charge >= 0.3 is 11.8 Å². The first-order valence-electron chi connectivity index (χ1n) is 12.7. The molecule has 5 fully saturated rings. The SMILES string of the molecule is O=C(Nc1nn([C@H]2[C@@H]3CC4C[C@H]2C[C@@](O)(C4)C3)c2c1cnc1[nH]ccc12)C(=O)N1CCCCC1. The largest absolute Gasteiger partial charge is 0.390 e. The van der Waals surface area contributed by atoms with Crippen molar-refractivity contribution in [2.24, 2.45) is 17.8 Å². The minimum atomic E-state index is -0.637. The number of aromatic amines is 1. The van der Waals surface area contributed by atoms with Gasteiger partial charge in [0.2, 0.25) is 0 Å². The highest BCUT2D eigenvalue weighted by Crippen LogP contribution is 2.60. The number of amides is 2. The Balaban J connectivity index is 1.29. The van der Waals surface area contributed by atoms with Gasteiger partial charge in [-0.05, 0) is 75.2 Å². The van der Waals surface area contributed by atoms with Gasteiger partial charge in [0.15, 0.2) is 5.82 Å². The molecule has 34 heavy (non-hydrogen) atoms. The Morgan fingerprint density at radius 1 is 1.09 bits per heavy atom. The van der Waals surface area contributed by atoms with Crippen LogP contribution in [0.2, 0.25) is 0 Å². The van der Waals surface area contributed by atoms with Gasteiger partial charge in [0.05, 0.1) is 22.5 Å². The highest BCUT2D eigenvalue weighted by molar-refractivity contribution is 6.40. The van der Waals surface area contributed by atoms with Crippen LogP contribution in [0.3, 0.4) is 0 Å². The van der Waals surface area contributed by atoms with Gasteiger partial charge in [-0.3, -0.25) is 14.3 Å². The molecule has 4 bridgehead atoms. The Bertz CT molecular complexity index is 1290. The Morgan fingerprint density at radius 2 is 1.85 bits per heavy atom. The maximum absolute atomic E-state index is 12.9. The van der Waals surface area contributed by atoms with Crippen molar-refractivity contribution in [2.75, 3.05) is 18.4 Å². The van der Waals surface area contributed by atoms with Crippen LogP contribution in [0.4, 0.5) is 5.82 Å². The highest BCUT2D eigenvalue weighted by Gasteiger charge is 2.56. The molecule has 5 atom stereocenters. The van der Waals surface area contributed by atoms with Gasteiger partial charge in [-0.15, -0.1) is 0 Å². The lowest BCUT2D eigenvalue weighted by Crippen LogP contribution is -2.55. The average Bonchev–Trinajstić information content (AvgIpc) is 3.42. The topological polar surface area (TPSA) is 116 Å². The molecule has 9 nitrogen and oxygen atoms in total. The van der Waals surface area contributed by atoms with E-state index >= 15 is 0 Å². The van der Waals surface area contributed by atoms with E-state index < -0.39 is 17.4 Å². The number of H-pyrrole nitrogens is 1. The fraction of sp³-hybridized carbons (Fsp3) is 0.600. The van der Waals surface area contributed by atoms with Gasteiger partial charge in [0.25, 0.3) is 0 Å². The van der Waals surface area contributed by atoms with Gasteiger partial charge in [-0.2, -0.15) is 5.10 Å². The number of likely N-dealkylation sites (tertiary alicyclic amines) is 1. The monoisotopic (exact) mass is 462 g/mol. The van der Waals surface area contributed by atoms with Crippen molar-refractivity contribution in [3.05, 3.63) is 18.5 Å². The normalized spacial score (nSPS) is 32.6. The number of fused-ring (bicyclic) bond motifs is 3. The number of hydrogen-bond acceptors (Lipinski definition) is 5. The molecule has 4 aliphatic carbocycles. The van der Waals surface area contributed by atoms with Gasteiger partial charge in [0, 0.05) is 30.9 Å². The first-order valence-corrected chi connectivity index (χ1v) is 12.7. The van der Waals surface area contributed by atoms with E-state index in [-0.39, 0.29) is 6.04 Å². The molecule has 3 N–H and O–H groups in total. The molecule has 0 radical (unpaired) electrons. The van der Waals surface area contributed by atoms with Crippen molar-refractivity contribution in [3.8, 4) is 0 Å². The van der Waals surface area contributed by atoms with E-state index in [1.807, 2.05) is 12.3 Å². The molecule has 3 aromatic rings. The summed E-state index contributed by atoms with van der Waals surface area (Å²) in [6.07, 6.45) is 11.3. The van der Waals surface area contributed by atoms with E-state index in [2.05, 4.69) is 20.0 Å². The van der Waals surface area contributed by atoms with Crippen molar-refractivity contribution in [1.82, 2.24) is 24.6 Å². The third-order valence-corrected chi connectivity index (χ3v) is 8.79. The third kappa shape index (κ3) is 3.02. The van der Waals surface area contributed by atoms with Crippen LogP contribution in [0.15, 0.2) is 18.5 Å². The molecule has 1 aliphatic heterocycles. The minimum absolute atomic E-state index is 0.170. The Labute approximate surface area is 196 Å². The highest BCUT2D eigenvalue weighted by atomic mass is 16.3. The first-order chi connectivity index (χ1) is 16.5. The summed E-state index contributed by atoms with van der Waals surface area (Å²) in [6, 6.07) is 2.17. The summed E-state index contributed by atoms with van der Waals surface area (Å²) in [4.78, 5) is 35.1. The molecule has 9 heteroatoms. The molecule has 3 aromatic heterocycles. The van der Waals surface area contributed by atoms with E-state index in [1.54, 1.807) is 11.1 Å². The number of hydrogen-bond donors (Lipinski definition) is 3. The molecule has 1 unspecified atom stereocenters. The molecule has 2 amide bonds. The summed E-state index contributed by atoms with van der Waals surface area (Å²) in [6.45, 7) is 1.25. The summed E-state index contributed by atoms with van der Waals surface area (Å²) in [5, 5.41) is 20.6. The molecule has 0 aromatic carbocycles. The number of rotatable bonds is 2. The van der Waals surface area contributed by atoms with Crippen molar-refractivity contribution in [1.29, 1.82) is 0 Å². The number of nitrogens with one attached hydrogen (secondary N) is 2. The second-order valence-corrected chi connectivity index (χ2v) is 11.0. The molecule has 1 saturated heterocycles. The third-order valence-electron chi connectivity index (χ3n) is 8.79. The molecular formula is C25H30N6O3. The molecule has 0 spiro atoms. The van der Waals surface area contributed by atoms with E-state index in [0.717, 1.165) is 73.3 Å². The van der Waals surface area contributed by atoms with Gasteiger partial charge < -0.3 is 20.3 Å². The van der Waals surface area contributed by atoms with Crippen LogP contribution in [0, 0.1) is 17.8 Å². The second-order valence-electron chi connectivity index (χ2n) is 11.0. The number of piperidine rings is 1. The fourth-order valence-electron chi connectivity index (χ4n) is 7.69. The second kappa shape index (κ2) is 7.28. The van der Waals surface area contributed by atoms with Crippen molar-refractivity contribution in [2.45, 2.75) is 63.0 Å². The van der Waals surface area contributed by atoms with Crippen molar-refractivity contribution < 1.29 is 14.7 Å². The van der Waals surface area contributed by atoms with Crippen LogP contribution < -0.4 is 5.32 Å². The summed E-state index contributed by atoms with van der Waals surface area (Å²) in [5.41, 5.74) is 1.19.